The lowest BCUT2D eigenvalue weighted by molar-refractivity contribution is 0.0935. The van der Waals surface area contributed by atoms with Crippen LogP contribution in [-0.2, 0) is 6.54 Å². The van der Waals surface area contributed by atoms with Gasteiger partial charge in [0.15, 0.2) is 0 Å². The number of amides is 1. The Morgan fingerprint density at radius 3 is 2.67 bits per heavy atom. The van der Waals surface area contributed by atoms with E-state index in [1.54, 1.807) is 6.07 Å². The van der Waals surface area contributed by atoms with Crippen LogP contribution in [0.5, 0.6) is 0 Å². The van der Waals surface area contributed by atoms with Crippen LogP contribution in [0, 0.1) is 11.8 Å². The molecule has 0 saturated heterocycles. The maximum atomic E-state index is 12.1. The van der Waals surface area contributed by atoms with E-state index in [1.807, 2.05) is 10.8 Å². The van der Waals surface area contributed by atoms with Crippen LogP contribution in [0.15, 0.2) is 12.3 Å². The molecule has 0 aliphatic carbocycles. The summed E-state index contributed by atoms with van der Waals surface area (Å²) in [7, 11) is 0. The average molecular weight is 251 g/mol. The van der Waals surface area contributed by atoms with Gasteiger partial charge in [0.1, 0.15) is 5.69 Å². The first kappa shape index (κ1) is 14.6. The summed E-state index contributed by atoms with van der Waals surface area (Å²) in [6, 6.07) is 1.74. The predicted octanol–water partition coefficient (Wildman–Crippen LogP) is 2.50. The Morgan fingerprint density at radius 1 is 1.44 bits per heavy atom. The molecule has 0 bridgehead atoms. The highest BCUT2D eigenvalue weighted by molar-refractivity contribution is 5.93. The standard InChI is InChI=1S/C14H25N3O/c1-5-6-17-9-12(15)7-13(17)14(18)16-8-11(4)10(2)3/h7,9-11H,5-6,8,15H2,1-4H3,(H,16,18). The van der Waals surface area contributed by atoms with Gasteiger partial charge in [0, 0.05) is 19.3 Å². The van der Waals surface area contributed by atoms with Crippen molar-refractivity contribution in [3.05, 3.63) is 18.0 Å². The molecular formula is C14H25N3O. The number of nitrogen functional groups attached to an aromatic ring is 1. The summed E-state index contributed by atoms with van der Waals surface area (Å²) in [6.45, 7) is 10.1. The minimum atomic E-state index is -0.0346. The van der Waals surface area contributed by atoms with Crippen LogP contribution in [-0.4, -0.2) is 17.0 Å². The second-order valence-corrected chi connectivity index (χ2v) is 5.28. The van der Waals surface area contributed by atoms with E-state index in [2.05, 4.69) is 33.0 Å². The molecule has 0 radical (unpaired) electrons. The summed E-state index contributed by atoms with van der Waals surface area (Å²) in [5, 5.41) is 2.98. The summed E-state index contributed by atoms with van der Waals surface area (Å²) >= 11 is 0. The number of nitrogens with two attached hydrogens (primary N) is 1. The normalized spacial score (nSPS) is 12.7. The molecule has 102 valence electrons. The van der Waals surface area contributed by atoms with Gasteiger partial charge in [0.25, 0.3) is 5.91 Å². The molecule has 0 aliphatic heterocycles. The SMILES string of the molecule is CCCn1cc(N)cc1C(=O)NCC(C)C(C)C. The minimum Gasteiger partial charge on any atom is -0.397 e. The summed E-state index contributed by atoms with van der Waals surface area (Å²) in [5.74, 6) is 1.01. The second kappa shape index (κ2) is 6.47. The average Bonchev–Trinajstić information content (AvgIpc) is 2.67. The van der Waals surface area contributed by atoms with Gasteiger partial charge in [-0.25, -0.2) is 0 Å². The van der Waals surface area contributed by atoms with Crippen molar-refractivity contribution < 1.29 is 4.79 Å². The third-order valence-electron chi connectivity index (χ3n) is 3.34. The van der Waals surface area contributed by atoms with E-state index in [9.17, 15) is 4.79 Å². The fourth-order valence-electron chi connectivity index (χ4n) is 1.73. The van der Waals surface area contributed by atoms with Crippen molar-refractivity contribution in [2.45, 2.75) is 40.7 Å². The van der Waals surface area contributed by atoms with Crippen LogP contribution in [0.3, 0.4) is 0 Å². The molecule has 1 unspecified atom stereocenters. The van der Waals surface area contributed by atoms with Crippen LogP contribution in [0.1, 0.15) is 44.6 Å². The molecule has 0 aromatic carbocycles. The van der Waals surface area contributed by atoms with Gasteiger partial charge in [0.2, 0.25) is 0 Å². The summed E-state index contributed by atoms with van der Waals surface area (Å²) in [6.07, 6.45) is 2.81. The van der Waals surface area contributed by atoms with Crippen LogP contribution in [0.2, 0.25) is 0 Å². The molecule has 1 rings (SSSR count). The van der Waals surface area contributed by atoms with Gasteiger partial charge in [-0.2, -0.15) is 0 Å². The first-order valence-electron chi connectivity index (χ1n) is 6.69. The molecule has 4 heteroatoms. The highest BCUT2D eigenvalue weighted by Crippen LogP contribution is 2.12. The highest BCUT2D eigenvalue weighted by Gasteiger charge is 2.14. The van der Waals surface area contributed by atoms with E-state index in [4.69, 9.17) is 5.73 Å². The molecule has 0 aliphatic rings. The number of nitrogens with one attached hydrogen (secondary N) is 1. The lowest BCUT2D eigenvalue weighted by Crippen LogP contribution is -2.31. The van der Waals surface area contributed by atoms with E-state index in [1.165, 1.54) is 0 Å². The largest absolute Gasteiger partial charge is 0.397 e. The van der Waals surface area contributed by atoms with Gasteiger partial charge in [-0.05, 0) is 24.3 Å². The Hall–Kier alpha value is -1.45. The Bertz CT molecular complexity index is 396. The van der Waals surface area contributed by atoms with Crippen LogP contribution in [0.4, 0.5) is 5.69 Å². The van der Waals surface area contributed by atoms with Crippen LogP contribution >= 0.6 is 0 Å². The number of anilines is 1. The fraction of sp³-hybridized carbons (Fsp3) is 0.643. The first-order valence-corrected chi connectivity index (χ1v) is 6.69. The monoisotopic (exact) mass is 251 g/mol. The zero-order valence-electron chi connectivity index (χ0n) is 11.9. The van der Waals surface area contributed by atoms with E-state index < -0.39 is 0 Å². The molecular weight excluding hydrogens is 226 g/mol. The number of nitrogens with zero attached hydrogens (tertiary/aromatic N) is 1. The number of carbonyl (C=O) groups excluding carboxylic acids is 1. The maximum absolute atomic E-state index is 12.1. The fourth-order valence-corrected chi connectivity index (χ4v) is 1.73. The number of carbonyl (C=O) groups is 1. The van der Waals surface area contributed by atoms with Gasteiger partial charge >= 0.3 is 0 Å². The van der Waals surface area contributed by atoms with E-state index in [0.29, 0.717) is 29.8 Å². The van der Waals surface area contributed by atoms with Crippen LogP contribution < -0.4 is 11.1 Å². The topological polar surface area (TPSA) is 60.0 Å². The Labute approximate surface area is 110 Å². The van der Waals surface area contributed by atoms with E-state index >= 15 is 0 Å². The maximum Gasteiger partial charge on any atom is 0.267 e. The predicted molar refractivity (Wildman–Crippen MR) is 75.5 cm³/mol. The van der Waals surface area contributed by atoms with E-state index in [-0.39, 0.29) is 5.91 Å². The second-order valence-electron chi connectivity index (χ2n) is 5.28. The molecule has 18 heavy (non-hydrogen) atoms. The van der Waals surface area contributed by atoms with Gasteiger partial charge in [-0.1, -0.05) is 27.7 Å². The first-order chi connectivity index (χ1) is 8.45. The highest BCUT2D eigenvalue weighted by atomic mass is 16.1. The molecule has 1 atom stereocenters. The zero-order chi connectivity index (χ0) is 13.7. The third kappa shape index (κ3) is 3.79. The summed E-state index contributed by atoms with van der Waals surface area (Å²) in [5.41, 5.74) is 7.05. The Balaban J connectivity index is 2.66. The number of hydrogen-bond acceptors (Lipinski definition) is 2. The van der Waals surface area contributed by atoms with Crippen molar-refractivity contribution in [2.75, 3.05) is 12.3 Å². The smallest absolute Gasteiger partial charge is 0.267 e. The number of aromatic nitrogens is 1. The lowest BCUT2D eigenvalue weighted by atomic mass is 9.98. The molecule has 0 saturated carbocycles. The molecule has 3 N–H and O–H groups in total. The van der Waals surface area contributed by atoms with Crippen molar-refractivity contribution in [1.82, 2.24) is 9.88 Å². The zero-order valence-corrected chi connectivity index (χ0v) is 11.9. The molecule has 1 amide bonds. The Kier molecular flexibility index (Phi) is 5.25. The Morgan fingerprint density at radius 2 is 2.11 bits per heavy atom. The minimum absolute atomic E-state index is 0.0346. The van der Waals surface area contributed by atoms with Gasteiger partial charge in [-0.3, -0.25) is 4.79 Å². The summed E-state index contributed by atoms with van der Waals surface area (Å²) in [4.78, 5) is 12.1. The van der Waals surface area contributed by atoms with Gasteiger partial charge in [-0.15, -0.1) is 0 Å². The molecule has 0 spiro atoms. The van der Waals surface area contributed by atoms with Gasteiger partial charge < -0.3 is 15.6 Å². The lowest BCUT2D eigenvalue weighted by Gasteiger charge is -2.16. The number of hydrogen-bond donors (Lipinski definition) is 2. The molecule has 1 aromatic rings. The number of rotatable bonds is 6. The van der Waals surface area contributed by atoms with E-state index in [0.717, 1.165) is 13.0 Å². The quantitative estimate of drug-likeness (QED) is 0.816. The third-order valence-corrected chi connectivity index (χ3v) is 3.34. The van der Waals surface area contributed by atoms with Crippen molar-refractivity contribution in [3.8, 4) is 0 Å². The number of aryl methyl sites for hydroxylation is 1. The van der Waals surface area contributed by atoms with Crippen molar-refractivity contribution in [3.63, 3.8) is 0 Å². The molecule has 4 nitrogen and oxygen atoms in total. The van der Waals surface area contributed by atoms with Crippen molar-refractivity contribution in [2.24, 2.45) is 11.8 Å². The van der Waals surface area contributed by atoms with Crippen molar-refractivity contribution >= 4 is 11.6 Å². The van der Waals surface area contributed by atoms with Crippen LogP contribution in [0.25, 0.3) is 0 Å². The van der Waals surface area contributed by atoms with Crippen molar-refractivity contribution in [1.29, 1.82) is 0 Å². The van der Waals surface area contributed by atoms with Gasteiger partial charge in [0.05, 0.1) is 5.69 Å². The molecule has 1 aromatic heterocycles. The molecule has 0 fully saturated rings. The summed E-state index contributed by atoms with van der Waals surface area (Å²) < 4.78 is 1.92. The molecule has 1 heterocycles.